The Hall–Kier alpha value is -1.84. The zero-order valence-corrected chi connectivity index (χ0v) is 13.5. The first-order chi connectivity index (χ1) is 9.73. The average Bonchev–Trinajstić information content (AvgIpc) is 2.36. The van der Waals surface area contributed by atoms with Crippen molar-refractivity contribution < 1.29 is 14.3 Å². The molecular weight excluding hydrogens is 266 g/mol. The molecule has 0 aliphatic carbocycles. The van der Waals surface area contributed by atoms with Gasteiger partial charge in [-0.2, -0.15) is 0 Å². The molecule has 0 radical (unpaired) electrons. The van der Waals surface area contributed by atoms with Gasteiger partial charge in [0.05, 0.1) is 6.04 Å². The highest BCUT2D eigenvalue weighted by Crippen LogP contribution is 2.21. The minimum atomic E-state index is -0.558. The number of carbonyl (C=O) groups is 2. The van der Waals surface area contributed by atoms with Crippen molar-refractivity contribution in [3.8, 4) is 0 Å². The first-order valence-electron chi connectivity index (χ1n) is 7.26. The molecule has 0 heterocycles. The predicted octanol–water partition coefficient (Wildman–Crippen LogP) is 3.96. The Balaban J connectivity index is 2.81. The maximum atomic E-state index is 11.8. The predicted molar refractivity (Wildman–Crippen MR) is 83.3 cm³/mol. The smallest absolute Gasteiger partial charge is 0.408 e. The lowest BCUT2D eigenvalue weighted by molar-refractivity contribution is -0.108. The van der Waals surface area contributed by atoms with Crippen LogP contribution in [0, 0.1) is 0 Å². The highest BCUT2D eigenvalue weighted by Gasteiger charge is 2.20. The van der Waals surface area contributed by atoms with E-state index in [1.54, 1.807) is 20.8 Å². The van der Waals surface area contributed by atoms with Crippen LogP contribution < -0.4 is 5.32 Å². The third-order valence-corrected chi connectivity index (χ3v) is 3.03. The highest BCUT2D eigenvalue weighted by molar-refractivity contribution is 5.69. The molecule has 4 heteroatoms. The fourth-order valence-electron chi connectivity index (χ4n) is 1.94. The van der Waals surface area contributed by atoms with Gasteiger partial charge >= 0.3 is 6.09 Å². The molecule has 0 aromatic heterocycles. The van der Waals surface area contributed by atoms with E-state index in [0.29, 0.717) is 5.92 Å². The lowest BCUT2D eigenvalue weighted by Crippen LogP contribution is -2.35. The van der Waals surface area contributed by atoms with E-state index in [2.05, 4.69) is 19.2 Å². The molecule has 1 atom stereocenters. The van der Waals surface area contributed by atoms with Crippen LogP contribution in [0.1, 0.15) is 64.1 Å². The molecule has 1 aromatic rings. The third-order valence-electron chi connectivity index (χ3n) is 3.03. The first kappa shape index (κ1) is 17.2. The fraction of sp³-hybridized carbons (Fsp3) is 0.529. The Labute approximate surface area is 126 Å². The van der Waals surface area contributed by atoms with Crippen molar-refractivity contribution in [1.82, 2.24) is 5.32 Å². The van der Waals surface area contributed by atoms with Crippen LogP contribution in [-0.2, 0) is 9.53 Å². The number of nitrogens with one attached hydrogen (secondary N) is 1. The fourth-order valence-corrected chi connectivity index (χ4v) is 1.94. The van der Waals surface area contributed by atoms with E-state index in [9.17, 15) is 9.59 Å². The molecule has 0 saturated carbocycles. The second-order valence-electron chi connectivity index (χ2n) is 6.42. The number of hydrogen-bond donors (Lipinski definition) is 1. The maximum Gasteiger partial charge on any atom is 0.408 e. The molecule has 1 aromatic carbocycles. The lowest BCUT2D eigenvalue weighted by atomic mass is 9.98. The summed E-state index contributed by atoms with van der Waals surface area (Å²) in [5.74, 6) is 0.447. The van der Waals surface area contributed by atoms with Gasteiger partial charge < -0.3 is 14.8 Å². The van der Waals surface area contributed by atoms with Gasteiger partial charge in [0.25, 0.3) is 0 Å². The minimum Gasteiger partial charge on any atom is -0.444 e. The number of rotatable bonds is 5. The number of ether oxygens (including phenoxy) is 1. The molecule has 0 saturated heterocycles. The normalized spacial score (nSPS) is 12.9. The molecule has 0 aliphatic rings. The Morgan fingerprint density at radius 2 is 1.71 bits per heavy atom. The van der Waals surface area contributed by atoms with E-state index in [1.165, 1.54) is 5.56 Å². The van der Waals surface area contributed by atoms with Gasteiger partial charge in [-0.25, -0.2) is 4.79 Å². The summed E-state index contributed by atoms with van der Waals surface area (Å²) >= 11 is 0. The molecule has 1 rings (SSSR count). The topological polar surface area (TPSA) is 55.4 Å². The monoisotopic (exact) mass is 291 g/mol. The number of hydrogen-bond acceptors (Lipinski definition) is 3. The summed E-state index contributed by atoms with van der Waals surface area (Å²) in [6.07, 6.45) is 0.515. The molecule has 0 fully saturated rings. The number of aldehydes is 1. The van der Waals surface area contributed by atoms with Crippen LogP contribution >= 0.6 is 0 Å². The van der Waals surface area contributed by atoms with E-state index in [1.807, 2.05) is 24.3 Å². The zero-order chi connectivity index (χ0) is 16.0. The number of amides is 1. The second-order valence-corrected chi connectivity index (χ2v) is 6.42. The third kappa shape index (κ3) is 5.98. The van der Waals surface area contributed by atoms with Gasteiger partial charge in [-0.3, -0.25) is 0 Å². The Morgan fingerprint density at radius 1 is 1.19 bits per heavy atom. The maximum absolute atomic E-state index is 11.8. The summed E-state index contributed by atoms with van der Waals surface area (Å²) in [5.41, 5.74) is 1.57. The van der Waals surface area contributed by atoms with E-state index < -0.39 is 11.7 Å². The van der Waals surface area contributed by atoms with Gasteiger partial charge in [-0.1, -0.05) is 38.1 Å². The van der Waals surface area contributed by atoms with Crippen LogP contribution in [-0.4, -0.2) is 18.0 Å². The molecule has 0 spiro atoms. The summed E-state index contributed by atoms with van der Waals surface area (Å²) in [6, 6.07) is 7.57. The highest BCUT2D eigenvalue weighted by atomic mass is 16.6. The summed E-state index contributed by atoms with van der Waals surface area (Å²) in [5, 5.41) is 2.75. The average molecular weight is 291 g/mol. The van der Waals surface area contributed by atoms with Crippen molar-refractivity contribution in [3.05, 3.63) is 35.4 Å². The van der Waals surface area contributed by atoms with Crippen LogP contribution in [0.5, 0.6) is 0 Å². The second kappa shape index (κ2) is 7.25. The molecule has 0 bridgehead atoms. The molecule has 1 amide bonds. The van der Waals surface area contributed by atoms with Gasteiger partial charge in [0.15, 0.2) is 0 Å². The van der Waals surface area contributed by atoms with Crippen LogP contribution in [0.3, 0.4) is 0 Å². The van der Waals surface area contributed by atoms with Crippen molar-refractivity contribution in [1.29, 1.82) is 0 Å². The van der Waals surface area contributed by atoms with Gasteiger partial charge in [0.2, 0.25) is 0 Å². The summed E-state index contributed by atoms with van der Waals surface area (Å²) in [6.45, 7) is 9.66. The van der Waals surface area contributed by atoms with Crippen molar-refractivity contribution in [2.45, 2.75) is 58.6 Å². The van der Waals surface area contributed by atoms with Crippen LogP contribution in [0.2, 0.25) is 0 Å². The quantitative estimate of drug-likeness (QED) is 0.835. The SMILES string of the molecule is CC(C)c1ccc([C@@H](CC=O)NC(=O)OC(C)(C)C)cc1. The van der Waals surface area contributed by atoms with Crippen LogP contribution in [0.25, 0.3) is 0 Å². The standard InChI is InChI=1S/C17H25NO3/c1-12(2)13-6-8-14(9-7-13)15(10-11-19)18-16(20)21-17(3,4)5/h6-9,11-12,15H,10H2,1-5H3,(H,18,20)/t15-/m1/s1. The largest absolute Gasteiger partial charge is 0.444 e. The molecule has 4 nitrogen and oxygen atoms in total. The number of alkyl carbamates (subject to hydrolysis) is 1. The molecule has 0 aliphatic heterocycles. The van der Waals surface area contributed by atoms with E-state index >= 15 is 0 Å². The molecule has 1 N–H and O–H groups in total. The Morgan fingerprint density at radius 3 is 2.14 bits per heavy atom. The van der Waals surface area contributed by atoms with Gasteiger partial charge in [-0.15, -0.1) is 0 Å². The van der Waals surface area contributed by atoms with Gasteiger partial charge in [0.1, 0.15) is 11.9 Å². The first-order valence-corrected chi connectivity index (χ1v) is 7.26. The molecule has 116 valence electrons. The summed E-state index contributed by atoms with van der Waals surface area (Å²) in [7, 11) is 0. The van der Waals surface area contributed by atoms with Gasteiger partial charge in [0, 0.05) is 6.42 Å². The van der Waals surface area contributed by atoms with Crippen molar-refractivity contribution in [2.24, 2.45) is 0 Å². The minimum absolute atomic E-state index is 0.222. The lowest BCUT2D eigenvalue weighted by Gasteiger charge is -2.23. The summed E-state index contributed by atoms with van der Waals surface area (Å²) in [4.78, 5) is 22.7. The van der Waals surface area contributed by atoms with Crippen LogP contribution in [0.15, 0.2) is 24.3 Å². The number of carbonyl (C=O) groups excluding carboxylic acids is 2. The summed E-state index contributed by atoms with van der Waals surface area (Å²) < 4.78 is 5.23. The van der Waals surface area contributed by atoms with E-state index in [-0.39, 0.29) is 12.5 Å². The molecule has 21 heavy (non-hydrogen) atoms. The zero-order valence-electron chi connectivity index (χ0n) is 13.5. The molecular formula is C17H25NO3. The van der Waals surface area contributed by atoms with E-state index in [4.69, 9.17) is 4.74 Å². The van der Waals surface area contributed by atoms with Crippen LogP contribution in [0.4, 0.5) is 4.79 Å². The molecule has 0 unspecified atom stereocenters. The van der Waals surface area contributed by atoms with Gasteiger partial charge in [-0.05, 0) is 37.8 Å². The van der Waals surface area contributed by atoms with E-state index in [0.717, 1.165) is 11.8 Å². The van der Waals surface area contributed by atoms with Crippen molar-refractivity contribution in [2.75, 3.05) is 0 Å². The Bertz CT molecular complexity index is 472. The van der Waals surface area contributed by atoms with Crippen molar-refractivity contribution >= 4 is 12.4 Å². The number of benzene rings is 1. The van der Waals surface area contributed by atoms with Crippen molar-refractivity contribution in [3.63, 3.8) is 0 Å². The Kier molecular flexibility index (Phi) is 5.94.